The number of benzene rings is 3. The van der Waals surface area contributed by atoms with Gasteiger partial charge in [0.25, 0.3) is 5.56 Å². The maximum absolute atomic E-state index is 14.0. The zero-order valence-corrected chi connectivity index (χ0v) is 23.3. The number of rotatable bonds is 7. The summed E-state index contributed by atoms with van der Waals surface area (Å²) in [6.45, 7) is 6.39. The minimum absolute atomic E-state index is 0.0398. The Kier molecular flexibility index (Phi) is 6.66. The number of hydrogen-bond acceptors (Lipinski definition) is 6. The van der Waals surface area contributed by atoms with Gasteiger partial charge in [-0.1, -0.05) is 92.7 Å². The summed E-state index contributed by atoms with van der Waals surface area (Å²) in [6, 6.07) is 25.3. The van der Waals surface area contributed by atoms with E-state index in [-0.39, 0.29) is 17.2 Å². The van der Waals surface area contributed by atoms with Crippen LogP contribution in [0.15, 0.2) is 88.5 Å². The van der Waals surface area contributed by atoms with Crippen molar-refractivity contribution in [3.8, 4) is 22.5 Å². The van der Waals surface area contributed by atoms with Crippen LogP contribution in [-0.2, 0) is 13.6 Å². The fourth-order valence-corrected chi connectivity index (χ4v) is 5.36. The molecule has 0 amide bonds. The van der Waals surface area contributed by atoms with Gasteiger partial charge in [0.15, 0.2) is 11.2 Å². The summed E-state index contributed by atoms with van der Waals surface area (Å²) in [5, 5.41) is 14.5. The Hall–Kier alpha value is -5.12. The maximum Gasteiger partial charge on any atom is 0.333 e. The van der Waals surface area contributed by atoms with Crippen LogP contribution in [0.1, 0.15) is 49.7 Å². The van der Waals surface area contributed by atoms with Gasteiger partial charge in [-0.25, -0.2) is 9.78 Å². The quantitative estimate of drug-likeness (QED) is 0.315. The normalized spacial score (nSPS) is 12.3. The molecule has 41 heavy (non-hydrogen) atoms. The van der Waals surface area contributed by atoms with Crippen LogP contribution in [0, 0.1) is 0 Å². The molecule has 0 aliphatic rings. The number of fused-ring (bicyclic) bond motifs is 1. The van der Waals surface area contributed by atoms with Crippen molar-refractivity contribution in [3.05, 3.63) is 117 Å². The Morgan fingerprint density at radius 2 is 1.54 bits per heavy atom. The molecule has 3 heterocycles. The minimum atomic E-state index is -0.434. The monoisotopic (exact) mass is 546 g/mol. The second-order valence-corrected chi connectivity index (χ2v) is 10.5. The lowest BCUT2D eigenvalue weighted by Crippen LogP contribution is -2.41. The highest BCUT2D eigenvalue weighted by Gasteiger charge is 2.24. The molecule has 3 aromatic heterocycles. The predicted molar refractivity (Wildman–Crippen MR) is 158 cm³/mol. The molecule has 6 rings (SSSR count). The van der Waals surface area contributed by atoms with E-state index >= 15 is 0 Å². The molecule has 0 spiro atoms. The molecule has 0 saturated carbocycles. The molecule has 3 aromatic carbocycles. The van der Waals surface area contributed by atoms with Crippen molar-refractivity contribution < 1.29 is 0 Å². The molecule has 0 radical (unpaired) electrons. The molecule has 6 aromatic rings. The smallest absolute Gasteiger partial charge is 0.317 e. The summed E-state index contributed by atoms with van der Waals surface area (Å²) in [4.78, 5) is 32.2. The standard InChI is InChI=1S/C31H30N8O2/c1-19(2)28-32-29-26(30(40)39(31(41)37(29)4)20(3)22-10-6-5-7-11-22)38(28)18-21-14-16-23(17-15-21)24-12-8-9-13-25(24)27-33-35-36-34-27/h5-17,19-20H,18H2,1-4H3,(H,33,34,35,36). The Morgan fingerprint density at radius 3 is 2.20 bits per heavy atom. The predicted octanol–water partition coefficient (Wildman–Crippen LogP) is 4.52. The van der Waals surface area contributed by atoms with Crippen molar-refractivity contribution >= 4 is 11.2 Å². The molecule has 1 unspecified atom stereocenters. The first-order chi connectivity index (χ1) is 19.8. The molecule has 0 bridgehead atoms. The highest BCUT2D eigenvalue weighted by atomic mass is 16.2. The zero-order valence-electron chi connectivity index (χ0n) is 23.3. The molecule has 0 aliphatic carbocycles. The van der Waals surface area contributed by atoms with Gasteiger partial charge in [0.2, 0.25) is 5.82 Å². The van der Waals surface area contributed by atoms with Crippen LogP contribution in [0.2, 0.25) is 0 Å². The van der Waals surface area contributed by atoms with Gasteiger partial charge in [0, 0.05) is 25.1 Å². The molecule has 206 valence electrons. The first-order valence-electron chi connectivity index (χ1n) is 13.5. The van der Waals surface area contributed by atoms with Gasteiger partial charge in [-0.15, -0.1) is 10.2 Å². The van der Waals surface area contributed by atoms with Crippen molar-refractivity contribution in [1.82, 2.24) is 39.3 Å². The van der Waals surface area contributed by atoms with Gasteiger partial charge in [-0.2, -0.15) is 5.21 Å². The van der Waals surface area contributed by atoms with Gasteiger partial charge >= 0.3 is 5.69 Å². The van der Waals surface area contributed by atoms with E-state index in [1.54, 1.807) is 7.05 Å². The van der Waals surface area contributed by atoms with E-state index in [9.17, 15) is 9.59 Å². The zero-order chi connectivity index (χ0) is 28.7. The highest BCUT2D eigenvalue weighted by Crippen LogP contribution is 2.30. The average Bonchev–Trinajstić information content (AvgIpc) is 3.66. The van der Waals surface area contributed by atoms with E-state index in [4.69, 9.17) is 4.98 Å². The Balaban J connectivity index is 1.44. The van der Waals surface area contributed by atoms with Crippen LogP contribution in [-0.4, -0.2) is 39.3 Å². The molecule has 0 fully saturated rings. The third-order valence-corrected chi connectivity index (χ3v) is 7.52. The largest absolute Gasteiger partial charge is 0.333 e. The fourth-order valence-electron chi connectivity index (χ4n) is 5.36. The van der Waals surface area contributed by atoms with Crippen molar-refractivity contribution in [2.45, 2.75) is 39.3 Å². The number of aromatic amines is 1. The summed E-state index contributed by atoms with van der Waals surface area (Å²) in [7, 11) is 1.68. The molecule has 1 atom stereocenters. The van der Waals surface area contributed by atoms with Crippen molar-refractivity contribution in [3.63, 3.8) is 0 Å². The van der Waals surface area contributed by atoms with E-state index in [0.717, 1.165) is 33.6 Å². The lowest BCUT2D eigenvalue weighted by atomic mass is 9.98. The van der Waals surface area contributed by atoms with Crippen LogP contribution in [0.5, 0.6) is 0 Å². The molecular formula is C31H30N8O2. The van der Waals surface area contributed by atoms with E-state index in [2.05, 4.69) is 20.6 Å². The number of nitrogens with zero attached hydrogens (tertiary/aromatic N) is 7. The highest BCUT2D eigenvalue weighted by molar-refractivity contribution is 5.80. The van der Waals surface area contributed by atoms with E-state index in [1.807, 2.05) is 104 Å². The molecule has 10 nitrogen and oxygen atoms in total. The van der Waals surface area contributed by atoms with Gasteiger partial charge < -0.3 is 4.57 Å². The average molecular weight is 547 g/mol. The van der Waals surface area contributed by atoms with E-state index < -0.39 is 6.04 Å². The van der Waals surface area contributed by atoms with Gasteiger partial charge in [-0.05, 0) is 34.4 Å². The maximum atomic E-state index is 14.0. The number of imidazole rings is 1. The number of H-pyrrole nitrogens is 1. The number of hydrogen-bond donors (Lipinski definition) is 1. The molecule has 0 saturated heterocycles. The second-order valence-electron chi connectivity index (χ2n) is 10.5. The first-order valence-corrected chi connectivity index (χ1v) is 13.5. The van der Waals surface area contributed by atoms with Gasteiger partial charge in [0.05, 0.1) is 6.04 Å². The lowest BCUT2D eigenvalue weighted by molar-refractivity contribution is 0.557. The molecule has 10 heteroatoms. The number of aromatic nitrogens is 8. The molecular weight excluding hydrogens is 516 g/mol. The number of nitrogens with one attached hydrogen (secondary N) is 1. The van der Waals surface area contributed by atoms with Gasteiger partial charge in [-0.3, -0.25) is 13.9 Å². The number of aryl methyl sites for hydroxylation is 1. The number of tetrazole rings is 1. The van der Waals surface area contributed by atoms with Crippen LogP contribution in [0.25, 0.3) is 33.7 Å². The minimum Gasteiger partial charge on any atom is -0.317 e. The summed E-state index contributed by atoms with van der Waals surface area (Å²) in [6.07, 6.45) is 0. The summed E-state index contributed by atoms with van der Waals surface area (Å²) in [5.74, 6) is 1.32. The van der Waals surface area contributed by atoms with Gasteiger partial charge in [0.1, 0.15) is 5.82 Å². The summed E-state index contributed by atoms with van der Waals surface area (Å²) < 4.78 is 4.77. The van der Waals surface area contributed by atoms with Crippen LogP contribution in [0.4, 0.5) is 0 Å². The molecule has 0 aliphatic heterocycles. The van der Waals surface area contributed by atoms with E-state index in [0.29, 0.717) is 23.5 Å². The van der Waals surface area contributed by atoms with Crippen molar-refractivity contribution in [2.24, 2.45) is 7.05 Å². The second kappa shape index (κ2) is 10.5. The van der Waals surface area contributed by atoms with Crippen molar-refractivity contribution in [2.75, 3.05) is 0 Å². The fraction of sp³-hybridized carbons (Fsp3) is 0.226. The SMILES string of the molecule is CC(C)c1nc2c(c(=O)n(C(C)c3ccccc3)c(=O)n2C)n1Cc1ccc(-c2ccccc2-c2nn[nH]n2)cc1. The van der Waals surface area contributed by atoms with E-state index in [1.165, 1.54) is 9.13 Å². The molecule has 1 N–H and O–H groups in total. The third kappa shape index (κ3) is 4.57. The Morgan fingerprint density at radius 1 is 0.854 bits per heavy atom. The summed E-state index contributed by atoms with van der Waals surface area (Å²) >= 11 is 0. The van der Waals surface area contributed by atoms with Crippen molar-refractivity contribution in [1.29, 1.82) is 0 Å². The van der Waals surface area contributed by atoms with Crippen LogP contribution >= 0.6 is 0 Å². The lowest BCUT2D eigenvalue weighted by Gasteiger charge is -2.17. The first kappa shape index (κ1) is 26.1. The third-order valence-electron chi connectivity index (χ3n) is 7.52. The van der Waals surface area contributed by atoms with Crippen LogP contribution in [0.3, 0.4) is 0 Å². The topological polar surface area (TPSA) is 116 Å². The van der Waals surface area contributed by atoms with Crippen LogP contribution < -0.4 is 11.2 Å². The Labute approximate surface area is 235 Å². The summed E-state index contributed by atoms with van der Waals surface area (Å²) in [5.41, 5.74) is 4.86. The Bertz CT molecular complexity index is 1950.